The molecule has 0 radical (unpaired) electrons. The first-order chi connectivity index (χ1) is 9.58. The van der Waals surface area contributed by atoms with E-state index in [1.54, 1.807) is 0 Å². The standard InChI is InChI=1S/C16H17Cl2NO/c1-11-10-13(6-7-14(11)17)20-9-8-19-16-5-3-4-15(18)12(16)2/h3-7,10,19H,8-9H2,1-2H3. The normalized spacial score (nSPS) is 10.4. The van der Waals surface area contributed by atoms with Crippen LogP contribution < -0.4 is 10.1 Å². The molecule has 2 aromatic carbocycles. The van der Waals surface area contributed by atoms with Crippen LogP contribution in [0.25, 0.3) is 0 Å². The van der Waals surface area contributed by atoms with Crippen molar-refractivity contribution in [2.45, 2.75) is 13.8 Å². The van der Waals surface area contributed by atoms with E-state index in [1.807, 2.05) is 50.2 Å². The molecule has 0 saturated carbocycles. The van der Waals surface area contributed by atoms with E-state index in [4.69, 9.17) is 27.9 Å². The number of nitrogens with one attached hydrogen (secondary N) is 1. The molecule has 0 unspecified atom stereocenters. The van der Waals surface area contributed by atoms with E-state index >= 15 is 0 Å². The van der Waals surface area contributed by atoms with E-state index in [1.165, 1.54) is 0 Å². The minimum Gasteiger partial charge on any atom is -0.492 e. The van der Waals surface area contributed by atoms with Crippen LogP contribution in [0.2, 0.25) is 10.0 Å². The van der Waals surface area contributed by atoms with Gasteiger partial charge in [-0.3, -0.25) is 0 Å². The van der Waals surface area contributed by atoms with Gasteiger partial charge in [-0.15, -0.1) is 0 Å². The zero-order valence-electron chi connectivity index (χ0n) is 11.5. The summed E-state index contributed by atoms with van der Waals surface area (Å²) in [6, 6.07) is 11.5. The van der Waals surface area contributed by atoms with Crippen LogP contribution in [0.4, 0.5) is 5.69 Å². The molecule has 0 saturated heterocycles. The molecule has 2 rings (SSSR count). The van der Waals surface area contributed by atoms with E-state index in [-0.39, 0.29) is 0 Å². The zero-order chi connectivity index (χ0) is 14.5. The SMILES string of the molecule is Cc1cc(OCCNc2cccc(Cl)c2C)ccc1Cl. The summed E-state index contributed by atoms with van der Waals surface area (Å²) in [6.45, 7) is 5.24. The summed E-state index contributed by atoms with van der Waals surface area (Å²) >= 11 is 12.0. The number of hydrogen-bond donors (Lipinski definition) is 1. The lowest BCUT2D eigenvalue weighted by Gasteiger charge is -2.12. The van der Waals surface area contributed by atoms with Crippen molar-refractivity contribution >= 4 is 28.9 Å². The van der Waals surface area contributed by atoms with E-state index in [0.717, 1.165) is 32.6 Å². The number of hydrogen-bond acceptors (Lipinski definition) is 2. The molecule has 0 aliphatic heterocycles. The summed E-state index contributed by atoms with van der Waals surface area (Å²) in [5.74, 6) is 0.830. The fourth-order valence-electron chi connectivity index (χ4n) is 1.86. The Morgan fingerprint density at radius 3 is 2.60 bits per heavy atom. The van der Waals surface area contributed by atoms with Gasteiger partial charge in [0.05, 0.1) is 0 Å². The van der Waals surface area contributed by atoms with Gasteiger partial charge in [-0.1, -0.05) is 29.3 Å². The summed E-state index contributed by atoms with van der Waals surface area (Å²) in [5, 5.41) is 4.84. The van der Waals surface area contributed by atoms with Gasteiger partial charge in [-0.05, 0) is 55.3 Å². The molecule has 0 fully saturated rings. The van der Waals surface area contributed by atoms with Gasteiger partial charge < -0.3 is 10.1 Å². The van der Waals surface area contributed by atoms with Gasteiger partial charge in [-0.25, -0.2) is 0 Å². The largest absolute Gasteiger partial charge is 0.492 e. The molecule has 20 heavy (non-hydrogen) atoms. The Hall–Kier alpha value is -1.38. The predicted octanol–water partition coefficient (Wildman–Crippen LogP) is 5.10. The summed E-state index contributed by atoms with van der Waals surface area (Å²) in [6.07, 6.45) is 0. The molecular weight excluding hydrogens is 293 g/mol. The van der Waals surface area contributed by atoms with Crippen LogP contribution >= 0.6 is 23.2 Å². The topological polar surface area (TPSA) is 21.3 Å². The quantitative estimate of drug-likeness (QED) is 0.776. The second-order valence-corrected chi connectivity index (χ2v) is 5.41. The van der Waals surface area contributed by atoms with Crippen molar-refractivity contribution in [2.24, 2.45) is 0 Å². The van der Waals surface area contributed by atoms with Gasteiger partial charge in [-0.2, -0.15) is 0 Å². The fraction of sp³-hybridized carbons (Fsp3) is 0.250. The molecule has 0 aromatic heterocycles. The van der Waals surface area contributed by atoms with Crippen LogP contribution in [0, 0.1) is 13.8 Å². The molecule has 0 atom stereocenters. The highest BCUT2D eigenvalue weighted by molar-refractivity contribution is 6.31. The van der Waals surface area contributed by atoms with Crippen molar-refractivity contribution in [3.05, 3.63) is 57.6 Å². The van der Waals surface area contributed by atoms with Crippen LogP contribution in [0.15, 0.2) is 36.4 Å². The van der Waals surface area contributed by atoms with Crippen LogP contribution in [0.5, 0.6) is 5.75 Å². The van der Waals surface area contributed by atoms with Crippen molar-refractivity contribution < 1.29 is 4.74 Å². The van der Waals surface area contributed by atoms with Gasteiger partial charge in [0, 0.05) is 22.3 Å². The molecule has 0 aliphatic carbocycles. The number of anilines is 1. The summed E-state index contributed by atoms with van der Waals surface area (Å²) in [7, 11) is 0. The third-order valence-electron chi connectivity index (χ3n) is 3.08. The maximum atomic E-state index is 6.07. The van der Waals surface area contributed by atoms with Crippen LogP contribution in [0.3, 0.4) is 0 Å². The smallest absolute Gasteiger partial charge is 0.119 e. The van der Waals surface area contributed by atoms with Crippen molar-refractivity contribution in [1.82, 2.24) is 0 Å². The van der Waals surface area contributed by atoms with E-state index < -0.39 is 0 Å². The molecular formula is C16H17Cl2NO. The monoisotopic (exact) mass is 309 g/mol. The molecule has 106 valence electrons. The summed E-state index contributed by atoms with van der Waals surface area (Å²) in [5.41, 5.74) is 3.10. The van der Waals surface area contributed by atoms with Crippen LogP contribution in [-0.2, 0) is 0 Å². The van der Waals surface area contributed by atoms with Crippen molar-refractivity contribution in [3.63, 3.8) is 0 Å². The zero-order valence-corrected chi connectivity index (χ0v) is 13.1. The summed E-state index contributed by atoms with van der Waals surface area (Å²) < 4.78 is 5.68. The average Bonchev–Trinajstić information content (AvgIpc) is 2.43. The van der Waals surface area contributed by atoms with Crippen molar-refractivity contribution in [3.8, 4) is 5.75 Å². The maximum absolute atomic E-state index is 6.07. The Kier molecular flexibility index (Phi) is 5.16. The molecule has 2 aromatic rings. The number of benzene rings is 2. The lowest BCUT2D eigenvalue weighted by molar-refractivity contribution is 0.332. The predicted molar refractivity (Wildman–Crippen MR) is 86.4 cm³/mol. The number of rotatable bonds is 5. The molecule has 4 heteroatoms. The Morgan fingerprint density at radius 2 is 1.85 bits per heavy atom. The van der Waals surface area contributed by atoms with Gasteiger partial charge in [0.2, 0.25) is 0 Å². The molecule has 0 bridgehead atoms. The van der Waals surface area contributed by atoms with Gasteiger partial charge in [0.25, 0.3) is 0 Å². The summed E-state index contributed by atoms with van der Waals surface area (Å²) in [4.78, 5) is 0. The van der Waals surface area contributed by atoms with Gasteiger partial charge in [0.1, 0.15) is 12.4 Å². The fourth-order valence-corrected chi connectivity index (χ4v) is 2.15. The number of ether oxygens (including phenoxy) is 1. The average molecular weight is 310 g/mol. The highest BCUT2D eigenvalue weighted by Gasteiger charge is 2.02. The molecule has 0 spiro atoms. The Balaban J connectivity index is 1.84. The Morgan fingerprint density at radius 1 is 1.05 bits per heavy atom. The number of aryl methyl sites for hydroxylation is 1. The second-order valence-electron chi connectivity index (χ2n) is 4.60. The van der Waals surface area contributed by atoms with E-state index in [0.29, 0.717) is 13.2 Å². The van der Waals surface area contributed by atoms with E-state index in [9.17, 15) is 0 Å². The Labute approximate surface area is 129 Å². The molecule has 0 heterocycles. The Bertz CT molecular complexity index is 599. The van der Waals surface area contributed by atoms with Gasteiger partial charge >= 0.3 is 0 Å². The van der Waals surface area contributed by atoms with Crippen LogP contribution in [0.1, 0.15) is 11.1 Å². The number of halogens is 2. The maximum Gasteiger partial charge on any atom is 0.119 e. The molecule has 0 aliphatic rings. The lowest BCUT2D eigenvalue weighted by Crippen LogP contribution is -2.12. The van der Waals surface area contributed by atoms with E-state index in [2.05, 4.69) is 5.32 Å². The third kappa shape index (κ3) is 3.81. The van der Waals surface area contributed by atoms with Crippen LogP contribution in [-0.4, -0.2) is 13.2 Å². The highest BCUT2D eigenvalue weighted by Crippen LogP contribution is 2.23. The van der Waals surface area contributed by atoms with Crippen molar-refractivity contribution in [1.29, 1.82) is 0 Å². The third-order valence-corrected chi connectivity index (χ3v) is 3.92. The molecule has 1 N–H and O–H groups in total. The minimum atomic E-state index is 0.576. The first kappa shape index (κ1) is 15.0. The minimum absolute atomic E-state index is 0.576. The highest BCUT2D eigenvalue weighted by atomic mass is 35.5. The molecule has 2 nitrogen and oxygen atoms in total. The second kappa shape index (κ2) is 6.87. The first-order valence-corrected chi connectivity index (χ1v) is 7.21. The first-order valence-electron chi connectivity index (χ1n) is 6.46. The lowest BCUT2D eigenvalue weighted by atomic mass is 10.2. The van der Waals surface area contributed by atoms with Crippen molar-refractivity contribution in [2.75, 3.05) is 18.5 Å². The molecule has 0 amide bonds. The van der Waals surface area contributed by atoms with Gasteiger partial charge in [0.15, 0.2) is 0 Å².